The molecule has 1 unspecified atom stereocenters. The van der Waals surface area contributed by atoms with Crippen LogP contribution in [0.3, 0.4) is 0 Å². The predicted molar refractivity (Wildman–Crippen MR) is 92.4 cm³/mol. The molecule has 0 saturated carbocycles. The van der Waals surface area contributed by atoms with Crippen LogP contribution in [0, 0.1) is 11.3 Å². The standard InChI is InChI=1S/C18H15BrN2O2/c1-12(14-5-3-2-4-6-14)21-18(23)15(11-20)9-13-7-8-17(22)16(19)10-13/h2-10,12,22H,1H3,(H,21,23). The van der Waals surface area contributed by atoms with E-state index in [1.165, 1.54) is 12.1 Å². The van der Waals surface area contributed by atoms with Crippen LogP contribution >= 0.6 is 15.9 Å². The van der Waals surface area contributed by atoms with E-state index < -0.39 is 5.91 Å². The van der Waals surface area contributed by atoms with Crippen molar-refractivity contribution < 1.29 is 9.90 Å². The molecular weight excluding hydrogens is 356 g/mol. The summed E-state index contributed by atoms with van der Waals surface area (Å²) in [7, 11) is 0. The molecule has 1 amide bonds. The molecule has 0 bridgehead atoms. The van der Waals surface area contributed by atoms with Crippen molar-refractivity contribution in [2.75, 3.05) is 0 Å². The lowest BCUT2D eigenvalue weighted by molar-refractivity contribution is -0.117. The molecule has 116 valence electrons. The number of rotatable bonds is 4. The van der Waals surface area contributed by atoms with Crippen molar-refractivity contribution in [3.05, 3.63) is 69.7 Å². The third kappa shape index (κ3) is 4.44. The number of amides is 1. The first-order chi connectivity index (χ1) is 11.0. The second-order valence-electron chi connectivity index (χ2n) is 4.99. The van der Waals surface area contributed by atoms with Crippen LogP contribution < -0.4 is 5.32 Å². The minimum Gasteiger partial charge on any atom is -0.507 e. The van der Waals surface area contributed by atoms with Crippen LogP contribution in [0.25, 0.3) is 6.08 Å². The van der Waals surface area contributed by atoms with Crippen LogP contribution in [-0.2, 0) is 4.79 Å². The van der Waals surface area contributed by atoms with Crippen LogP contribution in [0.2, 0.25) is 0 Å². The number of hydrogen-bond acceptors (Lipinski definition) is 3. The van der Waals surface area contributed by atoms with Gasteiger partial charge in [0.2, 0.25) is 0 Å². The van der Waals surface area contributed by atoms with Crippen molar-refractivity contribution in [1.29, 1.82) is 5.26 Å². The maximum Gasteiger partial charge on any atom is 0.262 e. The van der Waals surface area contributed by atoms with E-state index in [1.807, 2.05) is 43.3 Å². The number of halogens is 1. The average molecular weight is 371 g/mol. The fraction of sp³-hybridized carbons (Fsp3) is 0.111. The molecule has 5 heteroatoms. The van der Waals surface area contributed by atoms with E-state index in [4.69, 9.17) is 0 Å². The van der Waals surface area contributed by atoms with Gasteiger partial charge in [-0.25, -0.2) is 0 Å². The highest BCUT2D eigenvalue weighted by molar-refractivity contribution is 9.10. The maximum absolute atomic E-state index is 12.3. The Balaban J connectivity index is 2.17. The molecule has 0 saturated heterocycles. The van der Waals surface area contributed by atoms with Crippen molar-refractivity contribution in [3.8, 4) is 11.8 Å². The Hall–Kier alpha value is -2.58. The molecule has 0 heterocycles. The second kappa shape index (κ2) is 7.61. The van der Waals surface area contributed by atoms with Crippen molar-refractivity contribution in [1.82, 2.24) is 5.32 Å². The quantitative estimate of drug-likeness (QED) is 0.632. The number of phenolic OH excluding ortho intramolecular Hbond substituents is 1. The highest BCUT2D eigenvalue weighted by Crippen LogP contribution is 2.25. The average Bonchev–Trinajstić information content (AvgIpc) is 2.56. The van der Waals surface area contributed by atoms with Crippen molar-refractivity contribution >= 4 is 27.9 Å². The number of nitrogens with zero attached hydrogens (tertiary/aromatic N) is 1. The Morgan fingerprint density at radius 3 is 2.61 bits per heavy atom. The van der Waals surface area contributed by atoms with E-state index in [9.17, 15) is 15.2 Å². The molecule has 2 rings (SSSR count). The molecule has 0 aliphatic rings. The summed E-state index contributed by atoms with van der Waals surface area (Å²) in [5.74, 6) is -0.337. The van der Waals surface area contributed by atoms with Gasteiger partial charge in [0.1, 0.15) is 17.4 Å². The third-order valence-electron chi connectivity index (χ3n) is 3.29. The Kier molecular flexibility index (Phi) is 5.56. The summed E-state index contributed by atoms with van der Waals surface area (Å²) in [5.41, 5.74) is 1.62. The molecule has 2 aromatic carbocycles. The summed E-state index contributed by atoms with van der Waals surface area (Å²) in [6.07, 6.45) is 1.48. The fourth-order valence-corrected chi connectivity index (χ4v) is 2.42. The summed E-state index contributed by atoms with van der Waals surface area (Å²) in [4.78, 5) is 12.3. The van der Waals surface area contributed by atoms with Crippen molar-refractivity contribution in [2.45, 2.75) is 13.0 Å². The van der Waals surface area contributed by atoms with Crippen molar-refractivity contribution in [3.63, 3.8) is 0 Å². The Morgan fingerprint density at radius 1 is 1.30 bits per heavy atom. The van der Waals surface area contributed by atoms with E-state index in [1.54, 1.807) is 12.1 Å². The molecule has 4 nitrogen and oxygen atoms in total. The van der Waals surface area contributed by atoms with E-state index in [2.05, 4.69) is 21.2 Å². The van der Waals surface area contributed by atoms with Gasteiger partial charge in [-0.15, -0.1) is 0 Å². The van der Waals surface area contributed by atoms with Gasteiger partial charge in [-0.3, -0.25) is 4.79 Å². The Morgan fingerprint density at radius 2 is 2.00 bits per heavy atom. The van der Waals surface area contributed by atoms with Crippen LogP contribution in [0.1, 0.15) is 24.1 Å². The number of carbonyl (C=O) groups excluding carboxylic acids is 1. The summed E-state index contributed by atoms with van der Waals surface area (Å²) in [6.45, 7) is 1.86. The molecule has 0 spiro atoms. The molecular formula is C18H15BrN2O2. The van der Waals surface area contributed by atoms with E-state index in [-0.39, 0.29) is 17.4 Å². The van der Waals surface area contributed by atoms with Gasteiger partial charge < -0.3 is 10.4 Å². The normalized spacial score (nSPS) is 12.3. The number of hydrogen-bond donors (Lipinski definition) is 2. The molecule has 0 radical (unpaired) electrons. The molecule has 2 aromatic rings. The monoisotopic (exact) mass is 370 g/mol. The summed E-state index contributed by atoms with van der Waals surface area (Å²) < 4.78 is 0.501. The summed E-state index contributed by atoms with van der Waals surface area (Å²) in [5, 5.41) is 21.5. The van der Waals surface area contributed by atoms with Gasteiger partial charge in [0, 0.05) is 0 Å². The number of benzene rings is 2. The van der Waals surface area contributed by atoms with E-state index >= 15 is 0 Å². The first kappa shape index (κ1) is 16.8. The van der Waals surface area contributed by atoms with Gasteiger partial charge in [-0.2, -0.15) is 5.26 Å². The lowest BCUT2D eigenvalue weighted by Crippen LogP contribution is -2.27. The fourth-order valence-electron chi connectivity index (χ4n) is 2.03. The number of nitrogens with one attached hydrogen (secondary N) is 1. The van der Waals surface area contributed by atoms with Gasteiger partial charge in [-0.05, 0) is 52.2 Å². The largest absolute Gasteiger partial charge is 0.507 e. The first-order valence-corrected chi connectivity index (χ1v) is 7.76. The number of phenols is 1. The second-order valence-corrected chi connectivity index (χ2v) is 5.84. The number of aromatic hydroxyl groups is 1. The minimum atomic E-state index is -0.437. The van der Waals surface area contributed by atoms with Gasteiger partial charge >= 0.3 is 0 Å². The van der Waals surface area contributed by atoms with Crippen LogP contribution in [0.15, 0.2) is 58.6 Å². The summed E-state index contributed by atoms with van der Waals surface area (Å²) in [6, 6.07) is 16.0. The molecule has 0 aliphatic heterocycles. The molecule has 23 heavy (non-hydrogen) atoms. The zero-order valence-corrected chi connectivity index (χ0v) is 14.0. The zero-order chi connectivity index (χ0) is 16.8. The predicted octanol–water partition coefficient (Wildman–Crippen LogP) is 3.94. The topological polar surface area (TPSA) is 73.1 Å². The van der Waals surface area contributed by atoms with E-state index in [0.29, 0.717) is 10.0 Å². The maximum atomic E-state index is 12.3. The molecule has 2 N–H and O–H groups in total. The van der Waals surface area contributed by atoms with Gasteiger partial charge in [-0.1, -0.05) is 36.4 Å². The highest BCUT2D eigenvalue weighted by atomic mass is 79.9. The lowest BCUT2D eigenvalue weighted by Gasteiger charge is -2.13. The SMILES string of the molecule is CC(NC(=O)C(C#N)=Cc1ccc(O)c(Br)c1)c1ccccc1. The van der Waals surface area contributed by atoms with Gasteiger partial charge in [0.15, 0.2) is 0 Å². The number of nitriles is 1. The summed E-state index contributed by atoms with van der Waals surface area (Å²) >= 11 is 3.20. The van der Waals surface area contributed by atoms with Crippen LogP contribution in [-0.4, -0.2) is 11.0 Å². The lowest BCUT2D eigenvalue weighted by atomic mass is 10.1. The molecule has 0 aromatic heterocycles. The Labute approximate surface area is 143 Å². The highest BCUT2D eigenvalue weighted by Gasteiger charge is 2.13. The molecule has 0 aliphatic carbocycles. The van der Waals surface area contributed by atoms with Gasteiger partial charge in [0.05, 0.1) is 10.5 Å². The van der Waals surface area contributed by atoms with Crippen LogP contribution in [0.4, 0.5) is 0 Å². The van der Waals surface area contributed by atoms with E-state index in [0.717, 1.165) is 5.56 Å². The van der Waals surface area contributed by atoms with Gasteiger partial charge in [0.25, 0.3) is 5.91 Å². The smallest absolute Gasteiger partial charge is 0.262 e. The third-order valence-corrected chi connectivity index (χ3v) is 3.93. The minimum absolute atomic E-state index is 0.00497. The molecule has 0 fully saturated rings. The first-order valence-electron chi connectivity index (χ1n) is 6.97. The zero-order valence-electron chi connectivity index (χ0n) is 12.5. The van der Waals surface area contributed by atoms with Crippen LogP contribution in [0.5, 0.6) is 5.75 Å². The Bertz CT molecular complexity index is 779. The number of carbonyl (C=O) groups is 1. The molecule has 1 atom stereocenters. The van der Waals surface area contributed by atoms with Crippen molar-refractivity contribution in [2.24, 2.45) is 0 Å².